The van der Waals surface area contributed by atoms with E-state index in [1.165, 1.54) is 0 Å². The van der Waals surface area contributed by atoms with E-state index in [2.05, 4.69) is 20.6 Å². The lowest BCUT2D eigenvalue weighted by Crippen LogP contribution is -2.15. The molecule has 0 amide bonds. The Kier molecular flexibility index (Phi) is 4.08. The van der Waals surface area contributed by atoms with Crippen molar-refractivity contribution in [3.63, 3.8) is 0 Å². The van der Waals surface area contributed by atoms with Gasteiger partial charge in [-0.15, -0.1) is 0 Å². The normalized spacial score (nSPS) is 12.5. The first-order valence-corrected chi connectivity index (χ1v) is 8.11. The molecule has 0 fully saturated rings. The minimum Gasteiger partial charge on any atom is -0.486 e. The number of nitrogens with one attached hydrogen (secondary N) is 2. The number of ether oxygens (including phenoxy) is 2. The van der Waals surface area contributed by atoms with E-state index >= 15 is 0 Å². The summed E-state index contributed by atoms with van der Waals surface area (Å²) < 4.78 is 11.2. The fourth-order valence-corrected chi connectivity index (χ4v) is 2.61. The van der Waals surface area contributed by atoms with E-state index < -0.39 is 0 Å². The van der Waals surface area contributed by atoms with Crippen molar-refractivity contribution in [3.05, 3.63) is 60.3 Å². The van der Waals surface area contributed by atoms with Crippen molar-refractivity contribution in [2.45, 2.75) is 6.92 Å². The van der Waals surface area contributed by atoms with Gasteiger partial charge < -0.3 is 20.1 Å². The molecular formula is C19H18N4O2. The van der Waals surface area contributed by atoms with Gasteiger partial charge in [-0.2, -0.15) is 4.98 Å². The van der Waals surface area contributed by atoms with Gasteiger partial charge >= 0.3 is 0 Å². The topological polar surface area (TPSA) is 68.3 Å². The Bertz CT molecular complexity index is 884. The van der Waals surface area contributed by atoms with E-state index in [0.717, 1.165) is 28.6 Å². The molecule has 0 saturated carbocycles. The van der Waals surface area contributed by atoms with Gasteiger partial charge in [0.25, 0.3) is 0 Å². The molecule has 6 nitrogen and oxygen atoms in total. The number of aryl methyl sites for hydroxylation is 1. The molecular weight excluding hydrogens is 316 g/mol. The molecule has 0 spiro atoms. The Hall–Kier alpha value is -3.28. The molecule has 1 aromatic heterocycles. The highest BCUT2D eigenvalue weighted by Crippen LogP contribution is 2.33. The molecule has 126 valence electrons. The standard InChI is InChI=1S/C19H18N4O2/c1-13-11-18(23-19(20-13)22-14-5-3-2-4-6-14)21-15-7-8-16-17(12-15)25-10-9-24-16/h2-8,11-12H,9-10H2,1H3,(H2,20,21,22,23). The smallest absolute Gasteiger partial charge is 0.229 e. The number of hydrogen-bond donors (Lipinski definition) is 2. The van der Waals surface area contributed by atoms with Crippen molar-refractivity contribution in [1.29, 1.82) is 0 Å². The minimum absolute atomic E-state index is 0.547. The van der Waals surface area contributed by atoms with Gasteiger partial charge in [0.2, 0.25) is 5.95 Å². The maximum atomic E-state index is 5.62. The average molecular weight is 334 g/mol. The van der Waals surface area contributed by atoms with Crippen molar-refractivity contribution < 1.29 is 9.47 Å². The summed E-state index contributed by atoms with van der Waals surface area (Å²) in [6.07, 6.45) is 0. The minimum atomic E-state index is 0.547. The number of nitrogens with zero attached hydrogens (tertiary/aromatic N) is 2. The van der Waals surface area contributed by atoms with Crippen LogP contribution in [0.1, 0.15) is 5.69 Å². The van der Waals surface area contributed by atoms with Gasteiger partial charge in [-0.3, -0.25) is 0 Å². The van der Waals surface area contributed by atoms with Gasteiger partial charge in [-0.1, -0.05) is 18.2 Å². The summed E-state index contributed by atoms with van der Waals surface area (Å²) in [5.41, 5.74) is 2.69. The van der Waals surface area contributed by atoms with Crippen molar-refractivity contribution in [1.82, 2.24) is 9.97 Å². The molecule has 1 aliphatic heterocycles. The van der Waals surface area contributed by atoms with E-state index in [-0.39, 0.29) is 0 Å². The van der Waals surface area contributed by atoms with Gasteiger partial charge in [0.15, 0.2) is 11.5 Å². The maximum absolute atomic E-state index is 5.62. The van der Waals surface area contributed by atoms with Gasteiger partial charge in [0.1, 0.15) is 19.0 Å². The number of fused-ring (bicyclic) bond motifs is 1. The second kappa shape index (κ2) is 6.68. The van der Waals surface area contributed by atoms with Crippen LogP contribution in [0.15, 0.2) is 54.6 Å². The zero-order valence-electron chi connectivity index (χ0n) is 13.8. The maximum Gasteiger partial charge on any atom is 0.229 e. The Morgan fingerprint density at radius 2 is 1.60 bits per heavy atom. The fraction of sp³-hybridized carbons (Fsp3) is 0.158. The molecule has 25 heavy (non-hydrogen) atoms. The van der Waals surface area contributed by atoms with Crippen molar-refractivity contribution in [2.75, 3.05) is 23.8 Å². The van der Waals surface area contributed by atoms with E-state index in [4.69, 9.17) is 9.47 Å². The van der Waals surface area contributed by atoms with Crippen LogP contribution in [0.5, 0.6) is 11.5 Å². The number of rotatable bonds is 4. The van der Waals surface area contributed by atoms with Gasteiger partial charge in [0.05, 0.1) is 0 Å². The third-order valence-corrected chi connectivity index (χ3v) is 3.70. The summed E-state index contributed by atoms with van der Waals surface area (Å²) >= 11 is 0. The van der Waals surface area contributed by atoms with Gasteiger partial charge in [-0.05, 0) is 31.2 Å². The highest BCUT2D eigenvalue weighted by molar-refractivity contribution is 5.63. The Balaban J connectivity index is 1.56. The molecule has 2 aromatic carbocycles. The second-order valence-corrected chi connectivity index (χ2v) is 5.69. The molecule has 0 saturated heterocycles. The van der Waals surface area contributed by atoms with Crippen LogP contribution in [0.4, 0.5) is 23.1 Å². The third-order valence-electron chi connectivity index (χ3n) is 3.70. The Morgan fingerprint density at radius 1 is 0.800 bits per heavy atom. The van der Waals surface area contributed by atoms with Crippen LogP contribution in [0.25, 0.3) is 0 Å². The van der Waals surface area contributed by atoms with Crippen LogP contribution in [0.3, 0.4) is 0 Å². The molecule has 6 heteroatoms. The SMILES string of the molecule is Cc1cc(Nc2ccc3c(c2)OCCO3)nc(Nc2ccccc2)n1. The van der Waals surface area contributed by atoms with Crippen molar-refractivity contribution in [3.8, 4) is 11.5 Å². The molecule has 0 bridgehead atoms. The lowest BCUT2D eigenvalue weighted by Gasteiger charge is -2.19. The largest absolute Gasteiger partial charge is 0.486 e. The van der Waals surface area contributed by atoms with E-state index in [9.17, 15) is 0 Å². The third kappa shape index (κ3) is 3.63. The van der Waals surface area contributed by atoms with Crippen LogP contribution in [0, 0.1) is 6.92 Å². The monoisotopic (exact) mass is 334 g/mol. The highest BCUT2D eigenvalue weighted by Gasteiger charge is 2.12. The summed E-state index contributed by atoms with van der Waals surface area (Å²) in [7, 11) is 0. The number of hydrogen-bond acceptors (Lipinski definition) is 6. The van der Waals surface area contributed by atoms with E-state index in [0.29, 0.717) is 25.0 Å². The van der Waals surface area contributed by atoms with Crippen molar-refractivity contribution >= 4 is 23.1 Å². The number of aromatic nitrogens is 2. The molecule has 2 heterocycles. The Labute approximate surface area is 145 Å². The zero-order chi connectivity index (χ0) is 17.1. The van der Waals surface area contributed by atoms with Crippen LogP contribution in [-0.4, -0.2) is 23.2 Å². The summed E-state index contributed by atoms with van der Waals surface area (Å²) in [5, 5.41) is 6.51. The number of anilines is 4. The predicted molar refractivity (Wildman–Crippen MR) is 97.2 cm³/mol. The first-order valence-electron chi connectivity index (χ1n) is 8.11. The number of para-hydroxylation sites is 1. The second-order valence-electron chi connectivity index (χ2n) is 5.69. The first-order chi connectivity index (χ1) is 12.3. The lowest BCUT2D eigenvalue weighted by atomic mass is 10.2. The predicted octanol–water partition coefficient (Wildman–Crippen LogP) is 4.04. The summed E-state index contributed by atoms with van der Waals surface area (Å²) in [6.45, 7) is 3.08. The van der Waals surface area contributed by atoms with Crippen molar-refractivity contribution in [2.24, 2.45) is 0 Å². The number of benzene rings is 2. The molecule has 3 aromatic rings. The molecule has 0 aliphatic carbocycles. The van der Waals surface area contributed by atoms with Crippen LogP contribution < -0.4 is 20.1 Å². The van der Waals surface area contributed by atoms with Gasteiger partial charge in [0, 0.05) is 29.2 Å². The lowest BCUT2D eigenvalue weighted by molar-refractivity contribution is 0.171. The van der Waals surface area contributed by atoms with E-state index in [1.54, 1.807) is 0 Å². The molecule has 0 unspecified atom stereocenters. The first kappa shape index (κ1) is 15.3. The summed E-state index contributed by atoms with van der Waals surface area (Å²) in [4.78, 5) is 8.96. The molecule has 4 rings (SSSR count). The zero-order valence-corrected chi connectivity index (χ0v) is 13.8. The fourth-order valence-electron chi connectivity index (χ4n) is 2.61. The molecule has 1 aliphatic rings. The Morgan fingerprint density at radius 3 is 2.44 bits per heavy atom. The molecule has 0 atom stereocenters. The molecule has 0 radical (unpaired) electrons. The highest BCUT2D eigenvalue weighted by atomic mass is 16.6. The molecule has 2 N–H and O–H groups in total. The van der Waals surface area contributed by atoms with Gasteiger partial charge in [-0.25, -0.2) is 4.98 Å². The van der Waals surface area contributed by atoms with Crippen LogP contribution in [0.2, 0.25) is 0 Å². The van der Waals surface area contributed by atoms with Crippen LogP contribution >= 0.6 is 0 Å². The quantitative estimate of drug-likeness (QED) is 0.750. The average Bonchev–Trinajstić information content (AvgIpc) is 2.62. The summed E-state index contributed by atoms with van der Waals surface area (Å²) in [6, 6.07) is 17.5. The van der Waals surface area contributed by atoms with E-state index in [1.807, 2.05) is 61.5 Å². The van der Waals surface area contributed by atoms with Crippen LogP contribution in [-0.2, 0) is 0 Å². The summed E-state index contributed by atoms with van der Waals surface area (Å²) in [5.74, 6) is 2.76.